The largest absolute Gasteiger partial charge is 0.503 e. The molecule has 3 atom stereocenters. The van der Waals surface area contributed by atoms with Crippen molar-refractivity contribution in [3.63, 3.8) is 0 Å². The van der Waals surface area contributed by atoms with Gasteiger partial charge in [0.15, 0.2) is 17.3 Å². The summed E-state index contributed by atoms with van der Waals surface area (Å²) < 4.78 is 23.7. The first kappa shape index (κ1) is 21.5. The number of ether oxygens (including phenoxy) is 4. The first-order chi connectivity index (χ1) is 14.8. The Bertz CT molecular complexity index is 947. The van der Waals surface area contributed by atoms with E-state index in [2.05, 4.69) is 27.7 Å². The van der Waals surface area contributed by atoms with E-state index in [1.54, 1.807) is 11.8 Å². The molecule has 6 nitrogen and oxygen atoms in total. The summed E-state index contributed by atoms with van der Waals surface area (Å²) in [6.07, 6.45) is 0. The van der Waals surface area contributed by atoms with E-state index in [-0.39, 0.29) is 27.2 Å². The zero-order chi connectivity index (χ0) is 21.9. The molecule has 0 aromatic carbocycles. The molecule has 0 fully saturated rings. The molecule has 9 heteroatoms. The van der Waals surface area contributed by atoms with Gasteiger partial charge < -0.3 is 29.2 Å². The predicted molar refractivity (Wildman–Crippen MR) is 124 cm³/mol. The van der Waals surface area contributed by atoms with E-state index in [1.807, 2.05) is 11.8 Å². The van der Waals surface area contributed by atoms with Crippen LogP contribution in [0.3, 0.4) is 0 Å². The monoisotopic (exact) mass is 484 g/mol. The molecule has 0 saturated carbocycles. The van der Waals surface area contributed by atoms with E-state index >= 15 is 0 Å². The number of hydrogen-bond acceptors (Lipinski definition) is 9. The van der Waals surface area contributed by atoms with Crippen LogP contribution in [0.4, 0.5) is 0 Å². The third-order valence-electron chi connectivity index (χ3n) is 6.10. The molecule has 170 valence electrons. The van der Waals surface area contributed by atoms with Crippen molar-refractivity contribution in [3.05, 3.63) is 32.8 Å². The summed E-state index contributed by atoms with van der Waals surface area (Å²) in [4.78, 5) is 1.48. The molecule has 5 rings (SSSR count). The molecule has 4 aliphatic heterocycles. The molecular formula is C22H28O6S3. The van der Waals surface area contributed by atoms with Gasteiger partial charge in [0.25, 0.3) is 0 Å². The Morgan fingerprint density at radius 3 is 2.26 bits per heavy atom. The van der Waals surface area contributed by atoms with Crippen molar-refractivity contribution in [2.45, 2.75) is 48.9 Å². The van der Waals surface area contributed by atoms with Gasteiger partial charge in [-0.1, -0.05) is 27.7 Å². The van der Waals surface area contributed by atoms with E-state index < -0.39 is 5.41 Å². The molecule has 31 heavy (non-hydrogen) atoms. The highest BCUT2D eigenvalue weighted by Crippen LogP contribution is 2.60. The van der Waals surface area contributed by atoms with Gasteiger partial charge in [-0.3, -0.25) is 0 Å². The summed E-state index contributed by atoms with van der Waals surface area (Å²) in [6.45, 7) is 10.8. The first-order valence-corrected chi connectivity index (χ1v) is 13.4. The lowest BCUT2D eigenvalue weighted by molar-refractivity contribution is 0.0536. The summed E-state index contributed by atoms with van der Waals surface area (Å²) in [7, 11) is 0. The van der Waals surface area contributed by atoms with E-state index in [0.29, 0.717) is 38.1 Å². The Hall–Kier alpha value is -1.32. The van der Waals surface area contributed by atoms with Crippen molar-refractivity contribution in [1.29, 1.82) is 0 Å². The van der Waals surface area contributed by atoms with Gasteiger partial charge in [0.1, 0.15) is 49.0 Å². The van der Waals surface area contributed by atoms with Gasteiger partial charge in [-0.05, 0) is 5.92 Å². The number of hydrogen-bond donors (Lipinski definition) is 2. The Morgan fingerprint density at radius 1 is 0.903 bits per heavy atom. The zero-order valence-electron chi connectivity index (χ0n) is 18.1. The van der Waals surface area contributed by atoms with Gasteiger partial charge in [-0.2, -0.15) is 0 Å². The Balaban J connectivity index is 1.51. The molecule has 4 aliphatic rings. The molecule has 0 bridgehead atoms. The van der Waals surface area contributed by atoms with E-state index in [1.165, 1.54) is 11.3 Å². The molecular weight excluding hydrogens is 456 g/mol. The van der Waals surface area contributed by atoms with Crippen LogP contribution in [-0.4, -0.2) is 52.9 Å². The molecule has 1 aromatic heterocycles. The second kappa shape index (κ2) is 7.92. The molecule has 3 unspecified atom stereocenters. The lowest BCUT2D eigenvalue weighted by Gasteiger charge is -2.32. The van der Waals surface area contributed by atoms with Gasteiger partial charge in [0.05, 0.1) is 26.0 Å². The Labute approximate surface area is 195 Å². The fraction of sp³-hybridized carbons (Fsp3) is 0.636. The van der Waals surface area contributed by atoms with Crippen molar-refractivity contribution >= 4 is 34.9 Å². The molecule has 0 aliphatic carbocycles. The van der Waals surface area contributed by atoms with Crippen molar-refractivity contribution in [2.24, 2.45) is 5.92 Å². The summed E-state index contributed by atoms with van der Waals surface area (Å²) in [6, 6.07) is 0. The zero-order valence-corrected chi connectivity index (χ0v) is 20.5. The number of aromatic hydroxyl groups is 2. The van der Waals surface area contributed by atoms with E-state index in [9.17, 15) is 10.2 Å². The summed E-state index contributed by atoms with van der Waals surface area (Å²) in [5.74, 6) is 4.49. The van der Waals surface area contributed by atoms with Crippen LogP contribution in [0.25, 0.3) is 0 Å². The van der Waals surface area contributed by atoms with Crippen LogP contribution in [0.2, 0.25) is 0 Å². The maximum absolute atomic E-state index is 11.0. The van der Waals surface area contributed by atoms with Gasteiger partial charge >= 0.3 is 0 Å². The third-order valence-corrected chi connectivity index (χ3v) is 11.2. The minimum absolute atomic E-state index is 0.00716. The summed E-state index contributed by atoms with van der Waals surface area (Å²) >= 11 is 4.95. The normalized spacial score (nSPS) is 28.1. The molecule has 5 heterocycles. The average molecular weight is 485 g/mol. The van der Waals surface area contributed by atoms with E-state index in [0.717, 1.165) is 32.8 Å². The molecule has 0 radical (unpaired) electrons. The standard InChI is InChI=1S/C22H28O6S3/c1-10(2)17-15-16(28-8-7-27-15)21(30-17)22(3,4)20-13(24)12(23)18(31-20)19-14-11(9-29-19)25-5-6-26-14/h10,17,19,21,23-24H,5-9H2,1-4H3. The summed E-state index contributed by atoms with van der Waals surface area (Å²) in [5.41, 5.74) is -0.468. The third kappa shape index (κ3) is 3.38. The number of rotatable bonds is 4. The van der Waals surface area contributed by atoms with Crippen LogP contribution >= 0.6 is 34.9 Å². The fourth-order valence-electron chi connectivity index (χ4n) is 4.50. The maximum Gasteiger partial charge on any atom is 0.173 e. The lowest BCUT2D eigenvalue weighted by atomic mass is 9.85. The number of thioether (sulfide) groups is 2. The summed E-state index contributed by atoms with van der Waals surface area (Å²) in [5, 5.41) is 22.0. The Kier molecular flexibility index (Phi) is 5.50. The molecule has 0 spiro atoms. The molecule has 2 N–H and O–H groups in total. The fourth-order valence-corrected chi connectivity index (χ4v) is 8.96. The average Bonchev–Trinajstić information content (AvgIpc) is 3.43. The van der Waals surface area contributed by atoms with Gasteiger partial charge in [-0.25, -0.2) is 0 Å². The van der Waals surface area contributed by atoms with Crippen molar-refractivity contribution in [1.82, 2.24) is 0 Å². The van der Waals surface area contributed by atoms with Crippen LogP contribution in [0.5, 0.6) is 11.5 Å². The van der Waals surface area contributed by atoms with Gasteiger partial charge in [0.2, 0.25) is 0 Å². The number of thiophene rings is 1. The van der Waals surface area contributed by atoms with Crippen molar-refractivity contribution in [2.75, 3.05) is 32.2 Å². The Morgan fingerprint density at radius 2 is 1.55 bits per heavy atom. The highest BCUT2D eigenvalue weighted by atomic mass is 32.2. The predicted octanol–water partition coefficient (Wildman–Crippen LogP) is 4.88. The maximum atomic E-state index is 11.0. The quantitative estimate of drug-likeness (QED) is 0.626. The van der Waals surface area contributed by atoms with Crippen LogP contribution in [-0.2, 0) is 24.4 Å². The second-order valence-corrected chi connectivity index (χ2v) is 12.4. The highest BCUT2D eigenvalue weighted by molar-refractivity contribution is 8.01. The second-order valence-electron chi connectivity index (χ2n) is 9.00. The van der Waals surface area contributed by atoms with E-state index in [4.69, 9.17) is 18.9 Å². The van der Waals surface area contributed by atoms with Crippen molar-refractivity contribution in [3.8, 4) is 11.5 Å². The van der Waals surface area contributed by atoms with Crippen LogP contribution < -0.4 is 0 Å². The van der Waals surface area contributed by atoms with Gasteiger partial charge in [0, 0.05) is 5.41 Å². The van der Waals surface area contributed by atoms with Crippen LogP contribution in [0.1, 0.15) is 42.7 Å². The van der Waals surface area contributed by atoms with Crippen LogP contribution in [0, 0.1) is 5.92 Å². The van der Waals surface area contributed by atoms with Gasteiger partial charge in [-0.15, -0.1) is 34.9 Å². The lowest BCUT2D eigenvalue weighted by Crippen LogP contribution is -2.33. The highest BCUT2D eigenvalue weighted by Gasteiger charge is 2.50. The first-order valence-electron chi connectivity index (χ1n) is 10.6. The van der Waals surface area contributed by atoms with Crippen LogP contribution in [0.15, 0.2) is 23.0 Å². The SMILES string of the molecule is CC(C)C1SC(C(C)(C)c2sc(C3SCC4=C3OCCO4)c(O)c2O)C2=C1OCCO2. The molecule has 1 aromatic rings. The topological polar surface area (TPSA) is 77.4 Å². The smallest absolute Gasteiger partial charge is 0.173 e. The minimum Gasteiger partial charge on any atom is -0.503 e. The van der Waals surface area contributed by atoms with Crippen molar-refractivity contribution < 1.29 is 29.2 Å². The minimum atomic E-state index is -0.468. The molecule has 0 saturated heterocycles. The molecule has 0 amide bonds.